The number of hydrogen-bond acceptors (Lipinski definition) is 3. The van der Waals surface area contributed by atoms with Crippen LogP contribution in [-0.4, -0.2) is 11.7 Å². The van der Waals surface area contributed by atoms with Gasteiger partial charge in [0.1, 0.15) is 12.4 Å². The van der Waals surface area contributed by atoms with Crippen molar-refractivity contribution in [2.45, 2.75) is 11.5 Å². The number of hydrogen-bond donors (Lipinski definition) is 0. The van der Waals surface area contributed by atoms with Crippen molar-refractivity contribution in [2.75, 3.05) is 5.75 Å². The van der Waals surface area contributed by atoms with Crippen molar-refractivity contribution in [3.8, 4) is 0 Å². The van der Waals surface area contributed by atoms with E-state index in [1.54, 1.807) is 12.1 Å². The number of halogens is 2. The summed E-state index contributed by atoms with van der Waals surface area (Å²) in [7, 11) is 0. The monoisotopic (exact) mass is 404 g/mol. The fraction of sp³-hybridized carbons (Fsp3) is 0.105. The molecule has 3 aromatic rings. The van der Waals surface area contributed by atoms with E-state index in [1.165, 1.54) is 17.8 Å². The van der Waals surface area contributed by atoms with E-state index in [-0.39, 0.29) is 24.1 Å². The molecule has 0 radical (unpaired) electrons. The first-order chi connectivity index (χ1) is 11.6. The molecular weight excluding hydrogens is 391 g/mol. The molecule has 5 heteroatoms. The summed E-state index contributed by atoms with van der Waals surface area (Å²) in [5.74, 6) is -0.564. The number of benzene rings is 3. The van der Waals surface area contributed by atoms with Crippen LogP contribution in [0.15, 0.2) is 70.0 Å². The maximum atomic E-state index is 13.7. The van der Waals surface area contributed by atoms with Crippen molar-refractivity contribution in [1.29, 1.82) is 0 Å². The van der Waals surface area contributed by atoms with E-state index in [0.29, 0.717) is 10.0 Å². The Labute approximate surface area is 152 Å². The third-order valence-corrected chi connectivity index (χ3v) is 4.94. The van der Waals surface area contributed by atoms with Gasteiger partial charge in [-0.15, -0.1) is 11.8 Å². The molecule has 122 valence electrons. The van der Waals surface area contributed by atoms with Crippen molar-refractivity contribution in [1.82, 2.24) is 0 Å². The second-order valence-electron chi connectivity index (χ2n) is 5.19. The molecule has 0 atom stereocenters. The van der Waals surface area contributed by atoms with Gasteiger partial charge in [-0.3, -0.25) is 4.79 Å². The van der Waals surface area contributed by atoms with E-state index in [9.17, 15) is 9.18 Å². The highest BCUT2D eigenvalue weighted by Crippen LogP contribution is 2.24. The van der Waals surface area contributed by atoms with Gasteiger partial charge in [0.2, 0.25) is 0 Å². The second kappa shape index (κ2) is 7.81. The second-order valence-corrected chi connectivity index (χ2v) is 7.16. The molecule has 0 heterocycles. The van der Waals surface area contributed by atoms with Gasteiger partial charge in [-0.25, -0.2) is 4.39 Å². The van der Waals surface area contributed by atoms with Gasteiger partial charge in [-0.05, 0) is 35.0 Å². The number of carbonyl (C=O) groups is 1. The van der Waals surface area contributed by atoms with E-state index in [0.717, 1.165) is 15.7 Å². The summed E-state index contributed by atoms with van der Waals surface area (Å²) in [6.45, 7) is -0.0593. The average molecular weight is 405 g/mol. The lowest BCUT2D eigenvalue weighted by atomic mass is 10.1. The lowest BCUT2D eigenvalue weighted by Gasteiger charge is -2.07. The fourth-order valence-corrected chi connectivity index (χ4v) is 3.31. The molecule has 0 aromatic heterocycles. The van der Waals surface area contributed by atoms with Crippen LogP contribution in [0.1, 0.15) is 5.56 Å². The van der Waals surface area contributed by atoms with Crippen LogP contribution < -0.4 is 0 Å². The molecule has 0 saturated carbocycles. The third kappa shape index (κ3) is 4.36. The minimum Gasteiger partial charge on any atom is -0.460 e. The third-order valence-electron chi connectivity index (χ3n) is 3.48. The molecule has 24 heavy (non-hydrogen) atoms. The zero-order chi connectivity index (χ0) is 16.9. The van der Waals surface area contributed by atoms with Gasteiger partial charge in [-0.2, -0.15) is 0 Å². The van der Waals surface area contributed by atoms with Crippen LogP contribution in [-0.2, 0) is 16.1 Å². The molecule has 0 unspecified atom stereocenters. The summed E-state index contributed by atoms with van der Waals surface area (Å²) in [5.41, 5.74) is 0.363. The number of rotatable bonds is 5. The van der Waals surface area contributed by atoms with E-state index in [2.05, 4.69) is 15.9 Å². The van der Waals surface area contributed by atoms with E-state index in [1.807, 2.05) is 42.5 Å². The predicted molar refractivity (Wildman–Crippen MR) is 98.6 cm³/mol. The van der Waals surface area contributed by atoms with E-state index >= 15 is 0 Å². The highest BCUT2D eigenvalue weighted by atomic mass is 79.9. The van der Waals surface area contributed by atoms with Gasteiger partial charge >= 0.3 is 5.97 Å². The van der Waals surface area contributed by atoms with Gasteiger partial charge < -0.3 is 4.74 Å². The van der Waals surface area contributed by atoms with Gasteiger partial charge in [0.15, 0.2) is 0 Å². The van der Waals surface area contributed by atoms with Gasteiger partial charge in [0, 0.05) is 14.9 Å². The molecule has 0 aliphatic heterocycles. The number of esters is 1. The number of fused-ring (bicyclic) bond motifs is 1. The molecule has 2 nitrogen and oxygen atoms in total. The Morgan fingerprint density at radius 3 is 2.62 bits per heavy atom. The van der Waals surface area contributed by atoms with Crippen molar-refractivity contribution in [2.24, 2.45) is 0 Å². The smallest absolute Gasteiger partial charge is 0.316 e. The summed E-state index contributed by atoms with van der Waals surface area (Å²) >= 11 is 4.60. The molecule has 0 aliphatic rings. The molecule has 0 spiro atoms. The summed E-state index contributed by atoms with van der Waals surface area (Å²) < 4.78 is 19.5. The lowest BCUT2D eigenvalue weighted by molar-refractivity contribution is -0.141. The molecule has 0 fully saturated rings. The van der Waals surface area contributed by atoms with E-state index in [4.69, 9.17) is 4.74 Å². The van der Waals surface area contributed by atoms with E-state index < -0.39 is 0 Å². The standard InChI is InChI=1S/C19H14BrFO2S/c20-16-7-5-15(18(21)10-16)11-23-19(22)12-24-17-8-6-13-3-1-2-4-14(13)9-17/h1-10H,11-12H2. The Bertz CT molecular complexity index is 882. The van der Waals surface area contributed by atoms with Crippen LogP contribution in [0, 0.1) is 5.82 Å². The quantitative estimate of drug-likeness (QED) is 0.410. The summed E-state index contributed by atoms with van der Waals surface area (Å²) in [6, 6.07) is 18.8. The highest BCUT2D eigenvalue weighted by molar-refractivity contribution is 9.10. The summed E-state index contributed by atoms with van der Waals surface area (Å²) in [5, 5.41) is 2.29. The van der Waals surface area contributed by atoms with Crippen LogP contribution in [0.4, 0.5) is 4.39 Å². The first-order valence-corrected chi connectivity index (χ1v) is 9.11. The lowest BCUT2D eigenvalue weighted by Crippen LogP contribution is -2.08. The van der Waals surface area contributed by atoms with Crippen molar-refractivity contribution < 1.29 is 13.9 Å². The Hall–Kier alpha value is -1.85. The van der Waals surface area contributed by atoms with Crippen LogP contribution >= 0.6 is 27.7 Å². The summed E-state index contributed by atoms with van der Waals surface area (Å²) in [4.78, 5) is 12.9. The normalized spacial score (nSPS) is 10.8. The Kier molecular flexibility index (Phi) is 5.53. The maximum Gasteiger partial charge on any atom is 0.316 e. The molecule has 0 saturated heterocycles. The van der Waals surface area contributed by atoms with Crippen LogP contribution in [0.25, 0.3) is 10.8 Å². The highest BCUT2D eigenvalue weighted by Gasteiger charge is 2.08. The Morgan fingerprint density at radius 2 is 1.83 bits per heavy atom. The van der Waals surface area contributed by atoms with Crippen molar-refractivity contribution >= 4 is 44.4 Å². The van der Waals surface area contributed by atoms with Gasteiger partial charge in [0.25, 0.3) is 0 Å². The molecule has 0 amide bonds. The molecule has 0 aliphatic carbocycles. The first-order valence-electron chi connectivity index (χ1n) is 7.33. The topological polar surface area (TPSA) is 26.3 Å². The van der Waals surface area contributed by atoms with Gasteiger partial charge in [-0.1, -0.05) is 52.3 Å². The molecule has 3 rings (SSSR count). The maximum absolute atomic E-state index is 13.7. The number of thioether (sulfide) groups is 1. The minimum absolute atomic E-state index is 0.0593. The zero-order valence-corrected chi connectivity index (χ0v) is 15.1. The van der Waals surface area contributed by atoms with Crippen LogP contribution in [0.2, 0.25) is 0 Å². The Balaban J connectivity index is 1.54. The fourth-order valence-electron chi connectivity index (χ4n) is 2.24. The predicted octanol–water partition coefficient (Wildman–Crippen LogP) is 5.58. The molecule has 0 bridgehead atoms. The largest absolute Gasteiger partial charge is 0.460 e. The van der Waals surface area contributed by atoms with Gasteiger partial charge in [0.05, 0.1) is 5.75 Å². The zero-order valence-electron chi connectivity index (χ0n) is 12.7. The average Bonchev–Trinajstić information content (AvgIpc) is 2.59. The van der Waals surface area contributed by atoms with Crippen LogP contribution in [0.5, 0.6) is 0 Å². The molecule has 0 N–H and O–H groups in total. The van der Waals surface area contributed by atoms with Crippen LogP contribution in [0.3, 0.4) is 0 Å². The minimum atomic E-state index is -0.389. The molecule has 3 aromatic carbocycles. The first kappa shape index (κ1) is 17.0. The number of carbonyl (C=O) groups excluding carboxylic acids is 1. The molecular formula is C19H14BrFO2S. The van der Waals surface area contributed by atoms with Crippen molar-refractivity contribution in [3.05, 3.63) is 76.5 Å². The Morgan fingerprint density at radius 1 is 1.04 bits per heavy atom. The summed E-state index contributed by atoms with van der Waals surface area (Å²) in [6.07, 6.45) is 0. The SMILES string of the molecule is O=C(CSc1ccc2ccccc2c1)OCc1ccc(Br)cc1F. The number of ether oxygens (including phenoxy) is 1. The van der Waals surface area contributed by atoms with Crippen molar-refractivity contribution in [3.63, 3.8) is 0 Å².